The number of halogens is 1. The van der Waals surface area contributed by atoms with Gasteiger partial charge in [0.1, 0.15) is 0 Å². The van der Waals surface area contributed by atoms with Crippen LogP contribution >= 0.6 is 15.9 Å². The van der Waals surface area contributed by atoms with Gasteiger partial charge in [0.15, 0.2) is 0 Å². The van der Waals surface area contributed by atoms with Crippen LogP contribution in [-0.2, 0) is 14.3 Å². The lowest BCUT2D eigenvalue weighted by Crippen LogP contribution is -2.44. The van der Waals surface area contributed by atoms with E-state index in [1.165, 1.54) is 18.9 Å². The molecule has 7 heteroatoms. The van der Waals surface area contributed by atoms with E-state index in [2.05, 4.69) is 21.0 Å². The van der Waals surface area contributed by atoms with Crippen molar-refractivity contribution in [1.82, 2.24) is 5.01 Å². The van der Waals surface area contributed by atoms with E-state index in [-0.39, 0.29) is 18.4 Å². The van der Waals surface area contributed by atoms with Gasteiger partial charge in [-0.3, -0.25) is 9.59 Å². The average Bonchev–Trinajstić information content (AvgIpc) is 3.16. The quantitative estimate of drug-likeness (QED) is 0.568. The summed E-state index contributed by atoms with van der Waals surface area (Å²) in [4.78, 5) is 26.4. The highest BCUT2D eigenvalue weighted by Gasteiger charge is 2.34. The maximum atomic E-state index is 12.6. The molecule has 0 bridgehead atoms. The van der Waals surface area contributed by atoms with E-state index < -0.39 is 6.23 Å². The molecule has 0 saturated heterocycles. The lowest BCUT2D eigenvalue weighted by atomic mass is 10.1. The van der Waals surface area contributed by atoms with Crippen LogP contribution in [0.25, 0.3) is 10.8 Å². The zero-order valence-corrected chi connectivity index (χ0v) is 18.2. The molecule has 1 aliphatic heterocycles. The van der Waals surface area contributed by atoms with Crippen molar-refractivity contribution >= 4 is 50.1 Å². The number of ether oxygens (including phenoxy) is 1. The first kappa shape index (κ1) is 20.1. The number of hydrazone groups is 1. The van der Waals surface area contributed by atoms with Crippen LogP contribution in [0.2, 0.25) is 0 Å². The summed E-state index contributed by atoms with van der Waals surface area (Å²) in [5.74, 6) is -0.0480. The SMILES string of the molecule is CC(=O)N(C[C@@H]1OC(c2ccc(Br)cc2)=NN1C(C)=O)c1cccc2ccccc12. The van der Waals surface area contributed by atoms with Crippen LogP contribution in [-0.4, -0.2) is 35.5 Å². The Morgan fingerprint density at radius 1 is 1.03 bits per heavy atom. The minimum absolute atomic E-state index is 0.143. The molecule has 2 amide bonds. The first-order valence-electron chi connectivity index (χ1n) is 9.51. The first-order chi connectivity index (χ1) is 14.4. The fourth-order valence-corrected chi connectivity index (χ4v) is 3.73. The van der Waals surface area contributed by atoms with Crippen LogP contribution in [0.1, 0.15) is 19.4 Å². The lowest BCUT2D eigenvalue weighted by molar-refractivity contribution is -0.135. The number of amides is 2. The fraction of sp³-hybridized carbons (Fsp3) is 0.174. The van der Waals surface area contributed by atoms with Gasteiger partial charge in [0.2, 0.25) is 23.9 Å². The Morgan fingerprint density at radius 2 is 1.73 bits per heavy atom. The Morgan fingerprint density at radius 3 is 2.43 bits per heavy atom. The second-order valence-corrected chi connectivity index (χ2v) is 7.89. The van der Waals surface area contributed by atoms with Crippen LogP contribution in [0.4, 0.5) is 5.69 Å². The number of nitrogens with zero attached hydrogens (tertiary/aromatic N) is 3. The van der Waals surface area contributed by atoms with Crippen molar-refractivity contribution in [3.63, 3.8) is 0 Å². The fourth-order valence-electron chi connectivity index (χ4n) is 3.47. The topological polar surface area (TPSA) is 62.2 Å². The van der Waals surface area contributed by atoms with E-state index in [0.717, 1.165) is 26.5 Å². The summed E-state index contributed by atoms with van der Waals surface area (Å²) in [7, 11) is 0. The van der Waals surface area contributed by atoms with E-state index in [0.29, 0.717) is 5.90 Å². The molecule has 0 aromatic heterocycles. The van der Waals surface area contributed by atoms with Gasteiger partial charge in [-0.05, 0) is 35.7 Å². The molecule has 6 nitrogen and oxygen atoms in total. The number of carbonyl (C=O) groups is 2. The highest BCUT2D eigenvalue weighted by atomic mass is 79.9. The monoisotopic (exact) mass is 465 g/mol. The van der Waals surface area contributed by atoms with Crippen molar-refractivity contribution in [2.45, 2.75) is 20.1 Å². The summed E-state index contributed by atoms with van der Waals surface area (Å²) in [5, 5.41) is 7.64. The summed E-state index contributed by atoms with van der Waals surface area (Å²) in [5.41, 5.74) is 1.52. The molecule has 0 fully saturated rings. The Bertz CT molecular complexity index is 1140. The third-order valence-electron chi connectivity index (χ3n) is 4.91. The zero-order chi connectivity index (χ0) is 21.3. The van der Waals surface area contributed by atoms with Crippen LogP contribution in [0, 0.1) is 0 Å². The second kappa shape index (κ2) is 8.28. The highest BCUT2D eigenvalue weighted by Crippen LogP contribution is 2.29. The van der Waals surface area contributed by atoms with Gasteiger partial charge in [0.25, 0.3) is 0 Å². The van der Waals surface area contributed by atoms with Crippen LogP contribution in [0.15, 0.2) is 76.3 Å². The van der Waals surface area contributed by atoms with E-state index in [9.17, 15) is 9.59 Å². The van der Waals surface area contributed by atoms with E-state index >= 15 is 0 Å². The smallest absolute Gasteiger partial charge is 0.243 e. The molecule has 1 aliphatic rings. The Kier molecular flexibility index (Phi) is 5.55. The zero-order valence-electron chi connectivity index (χ0n) is 16.6. The van der Waals surface area contributed by atoms with Gasteiger partial charge in [-0.25, -0.2) is 0 Å². The number of carbonyl (C=O) groups excluding carboxylic acids is 2. The molecular weight excluding hydrogens is 446 g/mol. The molecule has 4 rings (SSSR count). The molecule has 30 heavy (non-hydrogen) atoms. The molecule has 1 atom stereocenters. The Hall–Kier alpha value is -3.19. The van der Waals surface area contributed by atoms with E-state index in [1.54, 1.807) is 4.90 Å². The summed E-state index contributed by atoms with van der Waals surface area (Å²) in [6.07, 6.45) is -0.719. The van der Waals surface area contributed by atoms with E-state index in [4.69, 9.17) is 4.74 Å². The summed E-state index contributed by atoms with van der Waals surface area (Å²) in [6.45, 7) is 3.10. The predicted molar refractivity (Wildman–Crippen MR) is 120 cm³/mol. The molecule has 0 spiro atoms. The van der Waals surface area contributed by atoms with Gasteiger partial charge in [-0.2, -0.15) is 5.01 Å². The Balaban J connectivity index is 1.65. The van der Waals surface area contributed by atoms with Gasteiger partial charge in [-0.1, -0.05) is 52.3 Å². The number of rotatable bonds is 4. The van der Waals surface area contributed by atoms with Crippen molar-refractivity contribution in [1.29, 1.82) is 0 Å². The molecule has 0 N–H and O–H groups in total. The van der Waals surface area contributed by atoms with Crippen molar-refractivity contribution in [3.8, 4) is 0 Å². The molecule has 152 valence electrons. The molecular formula is C23H20BrN3O3. The molecule has 1 heterocycles. The van der Waals surface area contributed by atoms with Gasteiger partial charge in [0.05, 0.1) is 12.2 Å². The third kappa shape index (κ3) is 3.93. The number of hydrogen-bond donors (Lipinski definition) is 0. The number of benzene rings is 3. The van der Waals surface area contributed by atoms with Crippen molar-refractivity contribution in [2.75, 3.05) is 11.4 Å². The van der Waals surface area contributed by atoms with Crippen LogP contribution in [0.3, 0.4) is 0 Å². The third-order valence-corrected chi connectivity index (χ3v) is 5.44. The predicted octanol–water partition coefficient (Wildman–Crippen LogP) is 4.52. The largest absolute Gasteiger partial charge is 0.448 e. The van der Waals surface area contributed by atoms with Crippen molar-refractivity contribution in [2.24, 2.45) is 5.10 Å². The maximum Gasteiger partial charge on any atom is 0.243 e. The Labute approximate surface area is 182 Å². The van der Waals surface area contributed by atoms with Gasteiger partial charge in [-0.15, -0.1) is 5.10 Å². The van der Waals surface area contributed by atoms with Gasteiger partial charge in [0, 0.05) is 29.3 Å². The standard InChI is InChI=1S/C23H20BrN3O3/c1-15(28)26(21-9-5-7-17-6-3-4-8-20(17)21)14-22-27(16(2)29)25-23(30-22)18-10-12-19(24)13-11-18/h3-13,22H,14H2,1-2H3/t22-/m0/s1. The summed E-state index contributed by atoms with van der Waals surface area (Å²) >= 11 is 3.41. The van der Waals surface area contributed by atoms with Crippen molar-refractivity contribution < 1.29 is 14.3 Å². The number of anilines is 1. The number of hydrogen-bond acceptors (Lipinski definition) is 4. The van der Waals surface area contributed by atoms with Crippen molar-refractivity contribution in [3.05, 3.63) is 76.8 Å². The first-order valence-corrected chi connectivity index (χ1v) is 10.3. The summed E-state index contributed by atoms with van der Waals surface area (Å²) in [6, 6.07) is 21.2. The highest BCUT2D eigenvalue weighted by molar-refractivity contribution is 9.10. The minimum Gasteiger partial charge on any atom is -0.448 e. The molecule has 0 saturated carbocycles. The number of fused-ring (bicyclic) bond motifs is 1. The summed E-state index contributed by atoms with van der Waals surface area (Å²) < 4.78 is 6.96. The molecule has 3 aromatic carbocycles. The minimum atomic E-state index is -0.719. The second-order valence-electron chi connectivity index (χ2n) is 6.98. The van der Waals surface area contributed by atoms with E-state index in [1.807, 2.05) is 66.7 Å². The van der Waals surface area contributed by atoms with Gasteiger partial charge >= 0.3 is 0 Å². The van der Waals surface area contributed by atoms with Crippen LogP contribution < -0.4 is 4.90 Å². The molecule has 0 radical (unpaired) electrons. The molecule has 0 aliphatic carbocycles. The van der Waals surface area contributed by atoms with Gasteiger partial charge < -0.3 is 9.64 Å². The average molecular weight is 466 g/mol. The molecule has 3 aromatic rings. The lowest BCUT2D eigenvalue weighted by Gasteiger charge is -2.28. The maximum absolute atomic E-state index is 12.6. The normalized spacial score (nSPS) is 15.6. The molecule has 0 unspecified atom stereocenters. The van der Waals surface area contributed by atoms with Crippen LogP contribution in [0.5, 0.6) is 0 Å².